The maximum Gasteiger partial charge on any atom is 0.320 e. The Morgan fingerprint density at radius 3 is 2.65 bits per heavy atom. The standard InChI is InChI=1S/C18H22N4O4/c23-15-9-19-12-2-1-11(7-13(12)21-15)16(24)22-5-3-18(4-6-22)8-14(17(25)26)20-10-18/h1-2,7,14,19-20H,3-6,8-10H2,(H,21,23)(H,25,26). The lowest BCUT2D eigenvalue weighted by Crippen LogP contribution is -2.44. The molecule has 8 nitrogen and oxygen atoms in total. The van der Waals surface area contributed by atoms with Crippen LogP contribution in [0.25, 0.3) is 0 Å². The number of hydrogen-bond donors (Lipinski definition) is 4. The lowest BCUT2D eigenvalue weighted by Gasteiger charge is -2.39. The average molecular weight is 358 g/mol. The Labute approximate surface area is 150 Å². The Morgan fingerprint density at radius 2 is 1.96 bits per heavy atom. The summed E-state index contributed by atoms with van der Waals surface area (Å²) in [6.07, 6.45) is 2.23. The van der Waals surface area contributed by atoms with Gasteiger partial charge in [0.2, 0.25) is 5.91 Å². The number of likely N-dealkylation sites (tertiary alicyclic amines) is 1. The summed E-state index contributed by atoms with van der Waals surface area (Å²) in [6, 6.07) is 4.82. The van der Waals surface area contributed by atoms with Crippen LogP contribution in [0, 0.1) is 5.41 Å². The summed E-state index contributed by atoms with van der Waals surface area (Å²) in [5, 5.41) is 18.0. The van der Waals surface area contributed by atoms with Gasteiger partial charge in [0, 0.05) is 25.2 Å². The molecule has 2 fully saturated rings. The number of carbonyl (C=O) groups excluding carboxylic acids is 2. The Hall–Kier alpha value is -2.61. The van der Waals surface area contributed by atoms with Crippen molar-refractivity contribution in [2.24, 2.45) is 5.41 Å². The molecule has 0 aliphatic carbocycles. The van der Waals surface area contributed by atoms with Crippen LogP contribution < -0.4 is 16.0 Å². The molecule has 3 aliphatic heterocycles. The summed E-state index contributed by atoms with van der Waals surface area (Å²) >= 11 is 0. The van der Waals surface area contributed by atoms with E-state index in [2.05, 4.69) is 16.0 Å². The van der Waals surface area contributed by atoms with Crippen LogP contribution in [0.4, 0.5) is 11.4 Å². The first-order valence-electron chi connectivity index (χ1n) is 8.89. The van der Waals surface area contributed by atoms with Crippen LogP contribution in [0.1, 0.15) is 29.6 Å². The number of amides is 2. The summed E-state index contributed by atoms with van der Waals surface area (Å²) in [5.41, 5.74) is 1.98. The van der Waals surface area contributed by atoms with Crippen LogP contribution >= 0.6 is 0 Å². The van der Waals surface area contributed by atoms with Gasteiger partial charge in [-0.2, -0.15) is 0 Å². The quantitative estimate of drug-likeness (QED) is 0.620. The molecule has 2 saturated heterocycles. The van der Waals surface area contributed by atoms with Gasteiger partial charge >= 0.3 is 5.97 Å². The van der Waals surface area contributed by atoms with Crippen molar-refractivity contribution in [3.8, 4) is 0 Å². The molecule has 1 aromatic rings. The molecule has 138 valence electrons. The molecule has 4 rings (SSSR count). The zero-order valence-corrected chi connectivity index (χ0v) is 14.4. The number of carbonyl (C=O) groups is 3. The predicted octanol–water partition coefficient (Wildman–Crippen LogP) is 0.720. The predicted molar refractivity (Wildman–Crippen MR) is 95.2 cm³/mol. The normalized spacial score (nSPS) is 23.9. The first-order valence-corrected chi connectivity index (χ1v) is 8.89. The van der Waals surface area contributed by atoms with Gasteiger partial charge in [0.15, 0.2) is 0 Å². The Bertz CT molecular complexity index is 770. The second-order valence-corrected chi connectivity index (χ2v) is 7.43. The van der Waals surface area contributed by atoms with Crippen LogP contribution in [0.5, 0.6) is 0 Å². The molecule has 1 unspecified atom stereocenters. The number of benzene rings is 1. The highest BCUT2D eigenvalue weighted by Gasteiger charge is 2.44. The van der Waals surface area contributed by atoms with Gasteiger partial charge in [0.1, 0.15) is 6.04 Å². The van der Waals surface area contributed by atoms with E-state index in [0.29, 0.717) is 37.3 Å². The highest BCUT2D eigenvalue weighted by Crippen LogP contribution is 2.39. The highest BCUT2D eigenvalue weighted by molar-refractivity contribution is 6.03. The fourth-order valence-electron chi connectivity index (χ4n) is 4.14. The minimum atomic E-state index is -0.801. The van der Waals surface area contributed by atoms with Crippen LogP contribution in [-0.4, -0.2) is 60.0 Å². The van der Waals surface area contributed by atoms with E-state index in [1.54, 1.807) is 12.1 Å². The zero-order chi connectivity index (χ0) is 18.3. The molecule has 0 saturated carbocycles. The topological polar surface area (TPSA) is 111 Å². The summed E-state index contributed by atoms with van der Waals surface area (Å²) in [5.74, 6) is -0.975. The van der Waals surface area contributed by atoms with Gasteiger partial charge in [0.25, 0.3) is 5.91 Å². The lowest BCUT2D eigenvalue weighted by atomic mass is 9.76. The molecule has 8 heteroatoms. The molecular weight excluding hydrogens is 336 g/mol. The Kier molecular flexibility index (Phi) is 4.07. The van der Waals surface area contributed by atoms with Gasteiger partial charge in [-0.15, -0.1) is 0 Å². The van der Waals surface area contributed by atoms with Crippen molar-refractivity contribution in [1.29, 1.82) is 0 Å². The molecule has 0 bridgehead atoms. The third kappa shape index (κ3) is 3.01. The number of piperidine rings is 1. The molecule has 0 radical (unpaired) electrons. The number of nitrogens with one attached hydrogen (secondary N) is 3. The maximum atomic E-state index is 12.8. The third-order valence-corrected chi connectivity index (χ3v) is 5.75. The van der Waals surface area contributed by atoms with Crippen LogP contribution in [-0.2, 0) is 9.59 Å². The van der Waals surface area contributed by atoms with Crippen molar-refractivity contribution >= 4 is 29.2 Å². The van der Waals surface area contributed by atoms with Crippen LogP contribution in [0.15, 0.2) is 18.2 Å². The van der Waals surface area contributed by atoms with Crippen molar-refractivity contribution in [3.05, 3.63) is 23.8 Å². The summed E-state index contributed by atoms with van der Waals surface area (Å²) in [6.45, 7) is 2.17. The highest BCUT2D eigenvalue weighted by atomic mass is 16.4. The van der Waals surface area contributed by atoms with Gasteiger partial charge in [-0.3, -0.25) is 14.4 Å². The third-order valence-electron chi connectivity index (χ3n) is 5.75. The molecule has 26 heavy (non-hydrogen) atoms. The summed E-state index contributed by atoms with van der Waals surface area (Å²) in [4.78, 5) is 37.3. The van der Waals surface area contributed by atoms with E-state index in [0.717, 1.165) is 18.5 Å². The van der Waals surface area contributed by atoms with Crippen LogP contribution in [0.2, 0.25) is 0 Å². The first-order chi connectivity index (χ1) is 12.5. The molecule has 1 aromatic carbocycles. The molecule has 4 N–H and O–H groups in total. The SMILES string of the molecule is O=C1CNc2ccc(C(=O)N3CCC4(CC3)CNC(C(=O)O)C4)cc2N1. The van der Waals surface area contributed by atoms with E-state index >= 15 is 0 Å². The average Bonchev–Trinajstić information content (AvgIpc) is 3.05. The number of hydrogen-bond acceptors (Lipinski definition) is 5. The maximum absolute atomic E-state index is 12.8. The minimum Gasteiger partial charge on any atom is -0.480 e. The van der Waals surface area contributed by atoms with E-state index < -0.39 is 12.0 Å². The molecular formula is C18H22N4O4. The zero-order valence-electron chi connectivity index (χ0n) is 14.4. The van der Waals surface area contributed by atoms with E-state index in [1.165, 1.54) is 0 Å². The van der Waals surface area contributed by atoms with Crippen molar-refractivity contribution < 1.29 is 19.5 Å². The fraction of sp³-hybridized carbons (Fsp3) is 0.500. The smallest absolute Gasteiger partial charge is 0.320 e. The van der Waals surface area contributed by atoms with Crippen molar-refractivity contribution in [1.82, 2.24) is 10.2 Å². The van der Waals surface area contributed by atoms with E-state index in [1.807, 2.05) is 11.0 Å². The van der Waals surface area contributed by atoms with E-state index in [9.17, 15) is 14.4 Å². The first kappa shape index (κ1) is 16.8. The molecule has 3 aliphatic rings. The molecule has 1 atom stereocenters. The van der Waals surface area contributed by atoms with Crippen molar-refractivity contribution in [2.45, 2.75) is 25.3 Å². The fourth-order valence-corrected chi connectivity index (χ4v) is 4.14. The van der Waals surface area contributed by atoms with Crippen molar-refractivity contribution in [2.75, 3.05) is 36.8 Å². The largest absolute Gasteiger partial charge is 0.480 e. The monoisotopic (exact) mass is 358 g/mol. The number of aliphatic carboxylic acids is 1. The number of anilines is 2. The number of carboxylic acids is 1. The molecule has 2 amide bonds. The molecule has 1 spiro atoms. The van der Waals surface area contributed by atoms with Crippen LogP contribution in [0.3, 0.4) is 0 Å². The summed E-state index contributed by atoms with van der Waals surface area (Å²) in [7, 11) is 0. The number of fused-ring (bicyclic) bond motifs is 1. The number of rotatable bonds is 2. The second kappa shape index (κ2) is 6.28. The lowest BCUT2D eigenvalue weighted by molar-refractivity contribution is -0.139. The van der Waals surface area contributed by atoms with Crippen molar-refractivity contribution in [3.63, 3.8) is 0 Å². The Morgan fingerprint density at radius 1 is 1.19 bits per heavy atom. The van der Waals surface area contributed by atoms with Gasteiger partial charge < -0.3 is 26.0 Å². The van der Waals surface area contributed by atoms with E-state index in [-0.39, 0.29) is 23.8 Å². The Balaban J connectivity index is 1.42. The van der Waals surface area contributed by atoms with Gasteiger partial charge in [-0.05, 0) is 42.9 Å². The minimum absolute atomic E-state index is 0.0203. The molecule has 3 heterocycles. The van der Waals surface area contributed by atoms with Gasteiger partial charge in [-0.25, -0.2) is 0 Å². The van der Waals surface area contributed by atoms with Gasteiger partial charge in [-0.1, -0.05) is 0 Å². The van der Waals surface area contributed by atoms with Gasteiger partial charge in [0.05, 0.1) is 17.9 Å². The number of nitrogens with zero attached hydrogens (tertiary/aromatic N) is 1. The molecule has 0 aromatic heterocycles. The second-order valence-electron chi connectivity index (χ2n) is 7.43. The number of carboxylic acid groups (broad SMARTS) is 1. The van der Waals surface area contributed by atoms with E-state index in [4.69, 9.17) is 5.11 Å². The summed E-state index contributed by atoms with van der Waals surface area (Å²) < 4.78 is 0.